The molecule has 68 heavy (non-hydrogen) atoms. The van der Waals surface area contributed by atoms with Gasteiger partial charge >= 0.3 is 29.6 Å². The van der Waals surface area contributed by atoms with Gasteiger partial charge in [-0.25, -0.2) is 9.97 Å². The van der Waals surface area contributed by atoms with Gasteiger partial charge in [-0.2, -0.15) is 0 Å². The number of likely N-dealkylation sites (tertiary alicyclic amines) is 4. The molecule has 4 saturated heterocycles. The number of rotatable bonds is 20. The summed E-state index contributed by atoms with van der Waals surface area (Å²) in [7, 11) is 0. The predicted octanol–water partition coefficient (Wildman–Crippen LogP) is 7.63. The molecule has 0 bridgehead atoms. The van der Waals surface area contributed by atoms with Crippen LogP contribution >= 0.6 is 11.6 Å². The van der Waals surface area contributed by atoms with E-state index in [0.717, 1.165) is 117 Å². The van der Waals surface area contributed by atoms with E-state index in [1.165, 1.54) is 117 Å². The molecule has 2 aromatic heterocycles. The first-order valence-corrected chi connectivity index (χ1v) is 26.4. The molecule has 4 aliphatic heterocycles. The van der Waals surface area contributed by atoms with Crippen molar-refractivity contribution in [1.29, 1.82) is 0 Å². The standard InChI is InChI=1S/C28H41N3O2.C20H25ClN2O.C8H16NO.Na/c1-24-8-5-17-31(23-24)19-7-20-32-27-11-9-25(10-12-27)26-13-14-29-28(22-26)33-21-6-18-30-15-3-2-4-16-30;1-16-4-2-11-23(15-16)12-3-13-24-19-7-5-17(6-8-19)18-9-10-22-20(21)14-18;10-8-4-7-9-5-2-1-3-6-9;/h9-14,22,24H,2-8,15-21,23H2,1H3;5-10,14,16H,2-4,11-13,15H2,1H3;1-8H2;/q;;-1;+1/t24-;16-;;/m00../s1. The molecular formula is C56H82ClN6NaO4. The Morgan fingerprint density at radius 1 is 0.500 bits per heavy atom. The number of halogens is 1. The Labute approximate surface area is 437 Å². The molecule has 10 nitrogen and oxygen atoms in total. The molecule has 2 aromatic carbocycles. The minimum Gasteiger partial charge on any atom is -0.854 e. The Morgan fingerprint density at radius 3 is 1.40 bits per heavy atom. The van der Waals surface area contributed by atoms with Crippen molar-refractivity contribution in [2.24, 2.45) is 11.8 Å². The molecule has 8 rings (SSSR count). The summed E-state index contributed by atoms with van der Waals surface area (Å²) in [6.07, 6.45) is 21.1. The topological polar surface area (TPSA) is 89.5 Å². The number of nitrogens with zero attached hydrogens (tertiary/aromatic N) is 6. The van der Waals surface area contributed by atoms with Crippen molar-refractivity contribution in [3.8, 4) is 39.6 Å². The molecule has 2 atom stereocenters. The minimum atomic E-state index is 0. The molecule has 0 unspecified atom stereocenters. The van der Waals surface area contributed by atoms with Crippen molar-refractivity contribution in [3.05, 3.63) is 90.3 Å². The van der Waals surface area contributed by atoms with E-state index in [1.807, 2.05) is 42.6 Å². The molecule has 0 spiro atoms. The van der Waals surface area contributed by atoms with Crippen molar-refractivity contribution in [3.63, 3.8) is 0 Å². The molecule has 0 N–H and O–H groups in total. The van der Waals surface area contributed by atoms with E-state index in [1.54, 1.807) is 6.20 Å². The van der Waals surface area contributed by atoms with Crippen LogP contribution in [0.5, 0.6) is 17.4 Å². The zero-order valence-electron chi connectivity index (χ0n) is 42.1. The average molecular weight is 962 g/mol. The molecule has 0 aliphatic carbocycles. The second-order valence-electron chi connectivity index (χ2n) is 19.4. The minimum absolute atomic E-state index is 0. The van der Waals surface area contributed by atoms with Crippen LogP contribution in [0.25, 0.3) is 22.3 Å². The zero-order valence-corrected chi connectivity index (χ0v) is 44.9. The van der Waals surface area contributed by atoms with Crippen LogP contribution in [0.3, 0.4) is 0 Å². The van der Waals surface area contributed by atoms with Gasteiger partial charge in [0.2, 0.25) is 5.88 Å². The van der Waals surface area contributed by atoms with Gasteiger partial charge in [-0.15, -0.1) is 6.61 Å². The smallest absolute Gasteiger partial charge is 0.854 e. The maximum Gasteiger partial charge on any atom is 1.00 e. The van der Waals surface area contributed by atoms with Gasteiger partial charge in [0.1, 0.15) is 16.7 Å². The number of benzene rings is 2. The van der Waals surface area contributed by atoms with Gasteiger partial charge in [-0.3, -0.25) is 0 Å². The van der Waals surface area contributed by atoms with Crippen LogP contribution in [-0.2, 0) is 0 Å². The van der Waals surface area contributed by atoms with Crippen LogP contribution in [0.2, 0.25) is 5.15 Å². The fraction of sp³-hybridized carbons (Fsp3) is 0.607. The second kappa shape index (κ2) is 33.0. The molecular weight excluding hydrogens is 879 g/mol. The van der Waals surface area contributed by atoms with E-state index >= 15 is 0 Å². The third-order valence-corrected chi connectivity index (χ3v) is 13.7. The zero-order chi connectivity index (χ0) is 46.7. The molecule has 4 fully saturated rings. The van der Waals surface area contributed by atoms with E-state index < -0.39 is 0 Å². The van der Waals surface area contributed by atoms with E-state index in [2.05, 4.69) is 79.8 Å². The number of pyridine rings is 2. The molecule has 4 aliphatic rings. The fourth-order valence-electron chi connectivity index (χ4n) is 9.79. The molecule has 0 saturated carbocycles. The normalized spacial score (nSPS) is 19.4. The van der Waals surface area contributed by atoms with E-state index in [-0.39, 0.29) is 36.2 Å². The first-order chi connectivity index (χ1) is 32.9. The maximum absolute atomic E-state index is 10.1. The number of hydrogen-bond acceptors (Lipinski definition) is 10. The third kappa shape index (κ3) is 21.7. The van der Waals surface area contributed by atoms with E-state index in [0.29, 0.717) is 11.0 Å². The summed E-state index contributed by atoms with van der Waals surface area (Å²) in [5.74, 6) is 4.25. The van der Waals surface area contributed by atoms with Crippen LogP contribution in [0.15, 0.2) is 85.2 Å². The summed E-state index contributed by atoms with van der Waals surface area (Å²) in [5.41, 5.74) is 4.47. The van der Waals surface area contributed by atoms with E-state index in [4.69, 9.17) is 25.8 Å². The first kappa shape index (κ1) is 56.1. The Hall–Kier alpha value is -2.77. The van der Waals surface area contributed by atoms with Gasteiger partial charge in [0.25, 0.3) is 0 Å². The number of piperidine rings is 4. The van der Waals surface area contributed by atoms with E-state index in [9.17, 15) is 5.11 Å². The molecule has 4 aromatic rings. The van der Waals surface area contributed by atoms with Crippen molar-refractivity contribution in [2.45, 2.75) is 104 Å². The van der Waals surface area contributed by atoms with Crippen LogP contribution in [0.4, 0.5) is 0 Å². The monoisotopic (exact) mass is 961 g/mol. The van der Waals surface area contributed by atoms with Crippen LogP contribution in [0, 0.1) is 11.8 Å². The number of aromatic nitrogens is 2. The van der Waals surface area contributed by atoms with Crippen LogP contribution in [-0.4, -0.2) is 135 Å². The van der Waals surface area contributed by atoms with Crippen LogP contribution < -0.4 is 48.9 Å². The molecule has 6 heterocycles. The number of hydrogen-bond donors (Lipinski definition) is 0. The Bertz CT molecular complexity index is 1920. The van der Waals surface area contributed by atoms with Gasteiger partial charge < -0.3 is 38.9 Å². The summed E-state index contributed by atoms with van der Waals surface area (Å²) >= 11 is 5.94. The summed E-state index contributed by atoms with van der Waals surface area (Å²) in [5, 5.41) is 10.7. The van der Waals surface area contributed by atoms with Crippen molar-refractivity contribution in [2.75, 3.05) is 105 Å². The molecule has 12 heteroatoms. The average Bonchev–Trinajstić information content (AvgIpc) is 3.36. The summed E-state index contributed by atoms with van der Waals surface area (Å²) < 4.78 is 17.8. The quantitative estimate of drug-likeness (QED) is 0.0501. The first-order valence-electron chi connectivity index (χ1n) is 26.0. The summed E-state index contributed by atoms with van der Waals surface area (Å²) in [4.78, 5) is 18.5. The second-order valence-corrected chi connectivity index (χ2v) is 19.8. The van der Waals surface area contributed by atoms with Gasteiger partial charge in [-0.1, -0.05) is 69.0 Å². The number of ether oxygens (including phenoxy) is 3. The van der Waals surface area contributed by atoms with Gasteiger partial charge in [-0.05, 0) is 193 Å². The van der Waals surface area contributed by atoms with Crippen molar-refractivity contribution >= 4 is 11.6 Å². The SMILES string of the molecule is C[C@H]1CCCN(CCCOc2ccc(-c3ccnc(Cl)c3)cc2)C1.C[C@H]1CCCN(CCCOc2ccc(-c3ccnc(OCCCN4CCCCC4)c3)cc2)C1.[Na+].[O-]CCCN1CCCCC1. The van der Waals surface area contributed by atoms with Gasteiger partial charge in [0.05, 0.1) is 19.8 Å². The Morgan fingerprint density at radius 2 is 0.926 bits per heavy atom. The van der Waals surface area contributed by atoms with Gasteiger partial charge in [0.15, 0.2) is 0 Å². The molecule has 368 valence electrons. The largest absolute Gasteiger partial charge is 1.00 e. The van der Waals surface area contributed by atoms with Crippen molar-refractivity contribution < 1.29 is 48.9 Å². The van der Waals surface area contributed by atoms with Crippen molar-refractivity contribution in [1.82, 2.24) is 29.6 Å². The Balaban J connectivity index is 0.000000215. The fourth-order valence-corrected chi connectivity index (χ4v) is 9.97. The summed E-state index contributed by atoms with van der Waals surface area (Å²) in [6, 6.07) is 24.5. The third-order valence-electron chi connectivity index (χ3n) is 13.5. The maximum atomic E-state index is 10.1. The van der Waals surface area contributed by atoms with Gasteiger partial charge in [0, 0.05) is 51.2 Å². The molecule has 0 amide bonds. The predicted molar refractivity (Wildman–Crippen MR) is 274 cm³/mol. The molecule has 0 radical (unpaired) electrons. The Kier molecular flexibility index (Phi) is 27.2. The summed E-state index contributed by atoms with van der Waals surface area (Å²) in [6.45, 7) is 21.4. The van der Waals surface area contributed by atoms with Crippen LogP contribution in [0.1, 0.15) is 104 Å².